The van der Waals surface area contributed by atoms with Crippen molar-refractivity contribution in [1.29, 1.82) is 0 Å². The van der Waals surface area contributed by atoms with Gasteiger partial charge >= 0.3 is 6.18 Å². The summed E-state index contributed by atoms with van der Waals surface area (Å²) in [6, 6.07) is -1.41. The van der Waals surface area contributed by atoms with Gasteiger partial charge in [-0.2, -0.15) is 13.2 Å². The van der Waals surface area contributed by atoms with Crippen LogP contribution >= 0.6 is 24.0 Å². The SMILES string of the molecule is CCNC(=NCCOCCOC)N1CCN(C(C)C(F)(F)F)CC1.I. The number of rotatable bonds is 8. The number of hydrogen-bond acceptors (Lipinski definition) is 4. The summed E-state index contributed by atoms with van der Waals surface area (Å²) in [5, 5.41) is 3.18. The van der Waals surface area contributed by atoms with Crippen LogP contribution in [0.4, 0.5) is 13.2 Å². The van der Waals surface area contributed by atoms with E-state index in [4.69, 9.17) is 9.47 Å². The van der Waals surface area contributed by atoms with Gasteiger partial charge in [-0.1, -0.05) is 0 Å². The number of methoxy groups -OCH3 is 1. The first-order valence-corrected chi connectivity index (χ1v) is 8.30. The van der Waals surface area contributed by atoms with Crippen LogP contribution < -0.4 is 5.32 Å². The fourth-order valence-corrected chi connectivity index (χ4v) is 2.41. The number of hydrogen-bond donors (Lipinski definition) is 1. The van der Waals surface area contributed by atoms with Gasteiger partial charge < -0.3 is 19.7 Å². The molecule has 25 heavy (non-hydrogen) atoms. The highest BCUT2D eigenvalue weighted by Gasteiger charge is 2.41. The molecule has 6 nitrogen and oxygen atoms in total. The lowest BCUT2D eigenvalue weighted by molar-refractivity contribution is -0.181. The molecular formula is C15H30F3IN4O2. The molecule has 1 saturated heterocycles. The van der Waals surface area contributed by atoms with E-state index in [1.165, 1.54) is 11.8 Å². The zero-order valence-corrected chi connectivity index (χ0v) is 17.5. The van der Waals surface area contributed by atoms with Crippen LogP contribution in [0, 0.1) is 0 Å². The minimum atomic E-state index is -4.18. The summed E-state index contributed by atoms with van der Waals surface area (Å²) < 4.78 is 48.6. The van der Waals surface area contributed by atoms with Gasteiger partial charge in [-0.05, 0) is 13.8 Å². The van der Waals surface area contributed by atoms with Crippen LogP contribution in [0.15, 0.2) is 4.99 Å². The van der Waals surface area contributed by atoms with Crippen molar-refractivity contribution in [3.8, 4) is 0 Å². The van der Waals surface area contributed by atoms with Crippen molar-refractivity contribution in [2.75, 3.05) is 66.2 Å². The zero-order chi connectivity index (χ0) is 18.0. The standard InChI is InChI=1S/C15H29F3N4O2.HI/c1-4-19-14(20-5-10-24-12-11-23-3)22-8-6-21(7-9-22)13(2)15(16,17)18;/h13H,4-12H2,1-3H3,(H,19,20);1H. The third-order valence-corrected chi connectivity index (χ3v) is 3.90. The first-order valence-electron chi connectivity index (χ1n) is 8.30. The summed E-state index contributed by atoms with van der Waals surface area (Å²) in [6.07, 6.45) is -4.18. The lowest BCUT2D eigenvalue weighted by Crippen LogP contribution is -2.56. The molecule has 1 unspecified atom stereocenters. The molecule has 1 fully saturated rings. The van der Waals surface area contributed by atoms with Crippen molar-refractivity contribution in [2.45, 2.75) is 26.1 Å². The minimum Gasteiger partial charge on any atom is -0.382 e. The molecule has 0 amide bonds. The van der Waals surface area contributed by atoms with Gasteiger partial charge in [0.05, 0.1) is 26.4 Å². The van der Waals surface area contributed by atoms with Gasteiger partial charge in [-0.15, -0.1) is 24.0 Å². The molecule has 0 aromatic carbocycles. The number of halogens is 4. The Morgan fingerprint density at radius 2 is 1.80 bits per heavy atom. The number of nitrogens with zero attached hydrogens (tertiary/aromatic N) is 3. The molecule has 0 aromatic heterocycles. The molecule has 1 N–H and O–H groups in total. The number of ether oxygens (including phenoxy) is 2. The molecule has 150 valence electrons. The van der Waals surface area contributed by atoms with Gasteiger partial charge in [-0.3, -0.25) is 9.89 Å². The Bertz CT molecular complexity index is 378. The molecule has 1 aliphatic rings. The van der Waals surface area contributed by atoms with Crippen molar-refractivity contribution < 1.29 is 22.6 Å². The third kappa shape index (κ3) is 9.25. The number of piperazine rings is 1. The number of aliphatic imine (C=N–C) groups is 1. The first-order chi connectivity index (χ1) is 11.4. The average Bonchev–Trinajstić information content (AvgIpc) is 2.55. The van der Waals surface area contributed by atoms with Crippen LogP contribution in [-0.2, 0) is 9.47 Å². The van der Waals surface area contributed by atoms with E-state index < -0.39 is 12.2 Å². The molecular weight excluding hydrogens is 452 g/mol. The highest BCUT2D eigenvalue weighted by molar-refractivity contribution is 14.0. The van der Waals surface area contributed by atoms with E-state index in [-0.39, 0.29) is 24.0 Å². The molecule has 0 saturated carbocycles. The normalized spacial score (nSPS) is 18.0. The quantitative estimate of drug-likeness (QED) is 0.248. The van der Waals surface area contributed by atoms with Gasteiger partial charge in [-0.25, -0.2) is 0 Å². The second-order valence-electron chi connectivity index (χ2n) is 5.58. The molecule has 0 aromatic rings. The van der Waals surface area contributed by atoms with Gasteiger partial charge in [0.15, 0.2) is 5.96 Å². The first kappa shape index (κ1) is 24.7. The Morgan fingerprint density at radius 1 is 1.16 bits per heavy atom. The monoisotopic (exact) mass is 482 g/mol. The lowest BCUT2D eigenvalue weighted by atomic mass is 10.2. The van der Waals surface area contributed by atoms with Crippen molar-refractivity contribution in [3.05, 3.63) is 0 Å². The van der Waals surface area contributed by atoms with Gasteiger partial charge in [0.25, 0.3) is 0 Å². The molecule has 1 aliphatic heterocycles. The predicted molar refractivity (Wildman–Crippen MR) is 103 cm³/mol. The minimum absolute atomic E-state index is 0. The van der Waals surface area contributed by atoms with Crippen LogP contribution in [0.1, 0.15) is 13.8 Å². The highest BCUT2D eigenvalue weighted by Crippen LogP contribution is 2.25. The van der Waals surface area contributed by atoms with Crippen molar-refractivity contribution in [3.63, 3.8) is 0 Å². The van der Waals surface area contributed by atoms with E-state index in [1.807, 2.05) is 11.8 Å². The summed E-state index contributed by atoms with van der Waals surface area (Å²) >= 11 is 0. The second-order valence-corrected chi connectivity index (χ2v) is 5.58. The predicted octanol–water partition coefficient (Wildman–Crippen LogP) is 1.80. The molecule has 0 radical (unpaired) electrons. The van der Waals surface area contributed by atoms with E-state index in [0.717, 1.165) is 5.96 Å². The van der Waals surface area contributed by atoms with Crippen molar-refractivity contribution in [2.24, 2.45) is 4.99 Å². The van der Waals surface area contributed by atoms with E-state index >= 15 is 0 Å². The molecule has 0 aliphatic carbocycles. The summed E-state index contributed by atoms with van der Waals surface area (Å²) in [6.45, 7) is 7.74. The highest BCUT2D eigenvalue weighted by atomic mass is 127. The van der Waals surface area contributed by atoms with Gasteiger partial charge in [0.2, 0.25) is 0 Å². The van der Waals surface area contributed by atoms with Crippen LogP contribution in [0.5, 0.6) is 0 Å². The maximum absolute atomic E-state index is 12.8. The van der Waals surface area contributed by atoms with Crippen molar-refractivity contribution in [1.82, 2.24) is 15.1 Å². The fraction of sp³-hybridized carbons (Fsp3) is 0.933. The number of guanidine groups is 1. The van der Waals surface area contributed by atoms with Crippen LogP contribution in [-0.4, -0.2) is 94.2 Å². The van der Waals surface area contributed by atoms with Crippen LogP contribution in [0.2, 0.25) is 0 Å². The average molecular weight is 482 g/mol. The van der Waals surface area contributed by atoms with Crippen molar-refractivity contribution >= 4 is 29.9 Å². The van der Waals surface area contributed by atoms with Gasteiger partial charge in [0.1, 0.15) is 6.04 Å². The number of alkyl halides is 3. The van der Waals surface area contributed by atoms with Crippen LogP contribution in [0.25, 0.3) is 0 Å². The lowest BCUT2D eigenvalue weighted by Gasteiger charge is -2.39. The van der Waals surface area contributed by atoms with E-state index in [1.54, 1.807) is 7.11 Å². The molecule has 1 atom stereocenters. The van der Waals surface area contributed by atoms with E-state index in [0.29, 0.717) is 59.1 Å². The summed E-state index contributed by atoms with van der Waals surface area (Å²) in [4.78, 5) is 7.94. The molecule has 10 heteroatoms. The Hall–Kier alpha value is -0.330. The third-order valence-electron chi connectivity index (χ3n) is 3.90. The molecule has 1 heterocycles. The Kier molecular flexibility index (Phi) is 12.8. The molecule has 1 rings (SSSR count). The fourth-order valence-electron chi connectivity index (χ4n) is 2.41. The smallest absolute Gasteiger partial charge is 0.382 e. The maximum atomic E-state index is 12.8. The Labute approximate surface area is 165 Å². The molecule has 0 spiro atoms. The Balaban J connectivity index is 0.00000576. The molecule has 0 bridgehead atoms. The summed E-state index contributed by atoms with van der Waals surface area (Å²) in [7, 11) is 1.62. The summed E-state index contributed by atoms with van der Waals surface area (Å²) in [5.74, 6) is 0.729. The van der Waals surface area contributed by atoms with Crippen LogP contribution in [0.3, 0.4) is 0 Å². The largest absolute Gasteiger partial charge is 0.403 e. The zero-order valence-electron chi connectivity index (χ0n) is 15.1. The topological polar surface area (TPSA) is 49.3 Å². The second kappa shape index (κ2) is 12.9. The van der Waals surface area contributed by atoms with E-state index in [2.05, 4.69) is 10.3 Å². The number of nitrogens with one attached hydrogen (secondary N) is 1. The maximum Gasteiger partial charge on any atom is 0.403 e. The Morgan fingerprint density at radius 3 is 2.32 bits per heavy atom. The summed E-state index contributed by atoms with van der Waals surface area (Å²) in [5.41, 5.74) is 0. The van der Waals surface area contributed by atoms with E-state index in [9.17, 15) is 13.2 Å². The van der Waals surface area contributed by atoms with Gasteiger partial charge in [0, 0.05) is 39.8 Å².